The van der Waals surface area contributed by atoms with Gasteiger partial charge in [-0.25, -0.2) is 4.39 Å². The number of benzene rings is 1. The average Bonchev–Trinajstić information content (AvgIpc) is 2.27. The minimum Gasteiger partial charge on any atom is -0.396 e. The number of halogens is 2. The molecule has 0 aliphatic carbocycles. The molecule has 6 heteroatoms. The quantitative estimate of drug-likeness (QED) is 0.870. The maximum absolute atomic E-state index is 13.4. The van der Waals surface area contributed by atoms with Crippen LogP contribution in [0.2, 0.25) is 5.02 Å². The van der Waals surface area contributed by atoms with E-state index in [4.69, 9.17) is 16.7 Å². The Kier molecular flexibility index (Phi) is 4.16. The molecule has 2 N–H and O–H groups in total. The van der Waals surface area contributed by atoms with Crippen LogP contribution in [0.1, 0.15) is 0 Å². The van der Waals surface area contributed by atoms with Crippen molar-refractivity contribution in [1.82, 2.24) is 4.90 Å². The van der Waals surface area contributed by atoms with Crippen LogP contribution in [0.4, 0.5) is 10.1 Å². The lowest BCUT2D eigenvalue weighted by Gasteiger charge is -2.37. The van der Waals surface area contributed by atoms with Crippen molar-refractivity contribution in [2.45, 2.75) is 0 Å². The first-order valence-corrected chi connectivity index (χ1v) is 6.04. The maximum Gasteiger partial charge on any atom is 0.238 e. The molecule has 1 aliphatic heterocycles. The predicted molar refractivity (Wildman–Crippen MR) is 67.1 cm³/mol. The van der Waals surface area contributed by atoms with Crippen molar-refractivity contribution < 1.29 is 14.3 Å². The van der Waals surface area contributed by atoms with Gasteiger partial charge in [-0.05, 0) is 18.2 Å². The zero-order chi connectivity index (χ0) is 13.1. The molecule has 1 amide bonds. The molecule has 0 radical (unpaired) electrons. The SMILES string of the molecule is O=C(CN1CC(CO)C1)Nc1ccc(Cl)cc1F. The van der Waals surface area contributed by atoms with E-state index in [1.807, 2.05) is 4.90 Å². The highest BCUT2D eigenvalue weighted by atomic mass is 35.5. The summed E-state index contributed by atoms with van der Waals surface area (Å²) in [6.07, 6.45) is 0. The Morgan fingerprint density at radius 2 is 2.28 bits per heavy atom. The van der Waals surface area contributed by atoms with Crippen molar-refractivity contribution >= 4 is 23.2 Å². The zero-order valence-electron chi connectivity index (χ0n) is 9.70. The molecule has 0 atom stereocenters. The van der Waals surface area contributed by atoms with Gasteiger partial charge < -0.3 is 10.4 Å². The highest BCUT2D eigenvalue weighted by Crippen LogP contribution is 2.19. The monoisotopic (exact) mass is 272 g/mol. The van der Waals surface area contributed by atoms with Crippen LogP contribution in [0, 0.1) is 11.7 Å². The lowest BCUT2D eigenvalue weighted by atomic mass is 10.0. The topological polar surface area (TPSA) is 52.6 Å². The van der Waals surface area contributed by atoms with E-state index in [9.17, 15) is 9.18 Å². The second kappa shape index (κ2) is 5.65. The largest absolute Gasteiger partial charge is 0.396 e. The Morgan fingerprint density at radius 1 is 1.56 bits per heavy atom. The number of hydrogen-bond donors (Lipinski definition) is 2. The zero-order valence-corrected chi connectivity index (χ0v) is 10.5. The number of carbonyl (C=O) groups excluding carboxylic acids is 1. The Morgan fingerprint density at radius 3 is 2.89 bits per heavy atom. The van der Waals surface area contributed by atoms with Gasteiger partial charge in [-0.15, -0.1) is 0 Å². The standard InChI is InChI=1S/C12H14ClFN2O2/c13-9-1-2-11(10(14)3-9)15-12(18)6-16-4-8(5-16)7-17/h1-3,8,17H,4-7H2,(H,15,18). The number of hydrogen-bond acceptors (Lipinski definition) is 3. The van der Waals surface area contributed by atoms with Gasteiger partial charge in [-0.2, -0.15) is 0 Å². The summed E-state index contributed by atoms with van der Waals surface area (Å²) in [4.78, 5) is 13.5. The number of anilines is 1. The van der Waals surface area contributed by atoms with Crippen molar-refractivity contribution in [3.63, 3.8) is 0 Å². The van der Waals surface area contributed by atoms with Gasteiger partial charge in [0.1, 0.15) is 5.82 Å². The highest BCUT2D eigenvalue weighted by Gasteiger charge is 2.27. The van der Waals surface area contributed by atoms with Crippen LogP contribution in [0.3, 0.4) is 0 Å². The first-order chi connectivity index (χ1) is 8.58. The van der Waals surface area contributed by atoms with Crippen molar-refractivity contribution in [2.75, 3.05) is 31.6 Å². The number of aliphatic hydroxyl groups is 1. The summed E-state index contributed by atoms with van der Waals surface area (Å²) >= 11 is 5.62. The highest BCUT2D eigenvalue weighted by molar-refractivity contribution is 6.30. The van der Waals surface area contributed by atoms with Gasteiger partial charge in [0.05, 0.1) is 12.2 Å². The molecule has 2 rings (SSSR count). The fourth-order valence-corrected chi connectivity index (χ4v) is 2.06. The van der Waals surface area contributed by atoms with Gasteiger partial charge in [0.2, 0.25) is 5.91 Å². The van der Waals surface area contributed by atoms with Crippen molar-refractivity contribution in [3.05, 3.63) is 29.0 Å². The molecule has 18 heavy (non-hydrogen) atoms. The summed E-state index contributed by atoms with van der Waals surface area (Å²) in [5.74, 6) is -0.564. The van der Waals surface area contributed by atoms with Crippen LogP contribution >= 0.6 is 11.6 Å². The third-order valence-corrected chi connectivity index (χ3v) is 3.10. The molecule has 1 fully saturated rings. The van der Waals surface area contributed by atoms with E-state index >= 15 is 0 Å². The molecular formula is C12H14ClFN2O2. The number of amides is 1. The van der Waals surface area contributed by atoms with Gasteiger partial charge in [0.15, 0.2) is 0 Å². The summed E-state index contributed by atoms with van der Waals surface area (Å²) in [7, 11) is 0. The number of nitrogens with one attached hydrogen (secondary N) is 1. The van der Waals surface area contributed by atoms with Crippen LogP contribution in [-0.2, 0) is 4.79 Å². The van der Waals surface area contributed by atoms with E-state index < -0.39 is 5.82 Å². The Hall–Kier alpha value is -1.17. The van der Waals surface area contributed by atoms with E-state index in [1.165, 1.54) is 12.1 Å². The van der Waals surface area contributed by atoms with Crippen molar-refractivity contribution in [3.8, 4) is 0 Å². The van der Waals surface area contributed by atoms with E-state index in [0.717, 1.165) is 6.07 Å². The molecule has 1 heterocycles. The third-order valence-electron chi connectivity index (χ3n) is 2.86. The molecular weight excluding hydrogens is 259 g/mol. The molecule has 1 saturated heterocycles. The van der Waals surface area contributed by atoms with Crippen LogP contribution < -0.4 is 5.32 Å². The van der Waals surface area contributed by atoms with Crippen LogP contribution in [0.25, 0.3) is 0 Å². The smallest absolute Gasteiger partial charge is 0.238 e. The number of nitrogens with zero attached hydrogens (tertiary/aromatic N) is 1. The van der Waals surface area contributed by atoms with Gasteiger partial charge in [0.25, 0.3) is 0 Å². The van der Waals surface area contributed by atoms with E-state index in [0.29, 0.717) is 18.1 Å². The summed E-state index contributed by atoms with van der Waals surface area (Å²) in [5.41, 5.74) is 0.128. The molecule has 0 spiro atoms. The molecule has 1 aromatic carbocycles. The summed E-state index contributed by atoms with van der Waals surface area (Å²) in [6.45, 7) is 1.75. The fraction of sp³-hybridized carbons (Fsp3) is 0.417. The van der Waals surface area contributed by atoms with Crippen molar-refractivity contribution in [2.24, 2.45) is 5.92 Å². The van der Waals surface area contributed by atoms with Crippen LogP contribution in [0.5, 0.6) is 0 Å². The van der Waals surface area contributed by atoms with Crippen LogP contribution in [0.15, 0.2) is 18.2 Å². The van der Waals surface area contributed by atoms with E-state index in [-0.39, 0.29) is 30.7 Å². The normalized spacial score (nSPS) is 16.4. The third kappa shape index (κ3) is 3.19. The lowest BCUT2D eigenvalue weighted by molar-refractivity contribution is -0.119. The number of likely N-dealkylation sites (tertiary alicyclic amines) is 1. The predicted octanol–water partition coefficient (Wildman–Crippen LogP) is 1.34. The van der Waals surface area contributed by atoms with Gasteiger partial charge in [-0.3, -0.25) is 9.69 Å². The Bertz CT molecular complexity index is 450. The van der Waals surface area contributed by atoms with E-state index in [1.54, 1.807) is 0 Å². The summed E-state index contributed by atoms with van der Waals surface area (Å²) in [6, 6.07) is 4.11. The molecule has 0 saturated carbocycles. The fourth-order valence-electron chi connectivity index (χ4n) is 1.91. The maximum atomic E-state index is 13.4. The lowest BCUT2D eigenvalue weighted by Crippen LogP contribution is -2.51. The number of aliphatic hydroxyl groups excluding tert-OH is 1. The van der Waals surface area contributed by atoms with Crippen LogP contribution in [-0.4, -0.2) is 42.2 Å². The van der Waals surface area contributed by atoms with Crippen molar-refractivity contribution in [1.29, 1.82) is 0 Å². The van der Waals surface area contributed by atoms with Gasteiger partial charge >= 0.3 is 0 Å². The molecule has 1 aromatic rings. The summed E-state index contributed by atoms with van der Waals surface area (Å²) in [5, 5.41) is 11.6. The Balaban J connectivity index is 1.84. The second-order valence-electron chi connectivity index (χ2n) is 4.42. The van der Waals surface area contributed by atoms with E-state index in [2.05, 4.69) is 5.32 Å². The first kappa shape index (κ1) is 13.3. The molecule has 0 aromatic heterocycles. The average molecular weight is 273 g/mol. The van der Waals surface area contributed by atoms with Gasteiger partial charge in [-0.1, -0.05) is 11.6 Å². The minimum absolute atomic E-state index is 0.128. The molecule has 98 valence electrons. The number of carbonyl (C=O) groups is 1. The number of rotatable bonds is 4. The first-order valence-electron chi connectivity index (χ1n) is 5.66. The molecule has 0 unspecified atom stereocenters. The molecule has 4 nitrogen and oxygen atoms in total. The minimum atomic E-state index is -0.548. The molecule has 0 bridgehead atoms. The Labute approximate surface area is 109 Å². The second-order valence-corrected chi connectivity index (χ2v) is 4.85. The summed E-state index contributed by atoms with van der Waals surface area (Å²) < 4.78 is 13.4. The molecule has 1 aliphatic rings. The van der Waals surface area contributed by atoms with Gasteiger partial charge in [0, 0.05) is 30.6 Å².